The molecule has 124 valence electrons. The fourth-order valence-corrected chi connectivity index (χ4v) is 2.65. The van der Waals surface area contributed by atoms with E-state index in [9.17, 15) is 9.18 Å². The van der Waals surface area contributed by atoms with Gasteiger partial charge in [0.1, 0.15) is 5.82 Å². The van der Waals surface area contributed by atoms with E-state index in [1.54, 1.807) is 17.8 Å². The molecule has 1 aromatic carbocycles. The Labute approximate surface area is 139 Å². The first-order valence-corrected chi connectivity index (χ1v) is 8.74. The molecule has 2 amide bonds. The number of aryl methyl sites for hydroxylation is 1. The lowest BCUT2D eigenvalue weighted by Crippen LogP contribution is -2.34. The number of thioether (sulfide) groups is 1. The molecule has 0 radical (unpaired) electrons. The maximum atomic E-state index is 13.3. The van der Waals surface area contributed by atoms with Crippen LogP contribution in [0.25, 0.3) is 0 Å². The van der Waals surface area contributed by atoms with E-state index in [2.05, 4.69) is 15.8 Å². The van der Waals surface area contributed by atoms with Crippen molar-refractivity contribution >= 4 is 17.8 Å². The molecule has 0 saturated heterocycles. The Morgan fingerprint density at radius 1 is 1.26 bits per heavy atom. The lowest BCUT2D eigenvalue weighted by atomic mass is 10.1. The SMILES string of the molecule is CCc1cc(CNC(=O)NCc2ccc(F)cc2CSC)on1. The number of rotatable bonds is 7. The predicted molar refractivity (Wildman–Crippen MR) is 88.6 cm³/mol. The van der Waals surface area contributed by atoms with E-state index in [0.717, 1.165) is 23.2 Å². The molecule has 2 aromatic rings. The molecule has 0 spiro atoms. The molecule has 0 aliphatic heterocycles. The van der Waals surface area contributed by atoms with Gasteiger partial charge < -0.3 is 15.2 Å². The Morgan fingerprint density at radius 3 is 2.74 bits per heavy atom. The lowest BCUT2D eigenvalue weighted by Gasteiger charge is -2.10. The molecule has 23 heavy (non-hydrogen) atoms. The second kappa shape index (κ2) is 8.57. The zero-order valence-electron chi connectivity index (χ0n) is 13.2. The summed E-state index contributed by atoms with van der Waals surface area (Å²) in [6, 6.07) is 6.12. The van der Waals surface area contributed by atoms with Crippen LogP contribution < -0.4 is 10.6 Å². The highest BCUT2D eigenvalue weighted by Crippen LogP contribution is 2.16. The molecule has 2 N–H and O–H groups in total. The number of benzene rings is 1. The van der Waals surface area contributed by atoms with Crippen molar-refractivity contribution in [3.63, 3.8) is 0 Å². The second-order valence-corrected chi connectivity index (χ2v) is 5.89. The summed E-state index contributed by atoms with van der Waals surface area (Å²) < 4.78 is 18.4. The molecule has 1 heterocycles. The van der Waals surface area contributed by atoms with Gasteiger partial charge in [0.05, 0.1) is 12.2 Å². The third-order valence-corrected chi connectivity index (χ3v) is 3.90. The standard InChI is InChI=1S/C16H20FN3O2S/c1-3-14-7-15(22-20-14)9-19-16(21)18-8-11-4-5-13(17)6-12(11)10-23-2/h4-7H,3,8-10H2,1-2H3,(H2,18,19,21). The van der Waals surface area contributed by atoms with E-state index in [4.69, 9.17) is 4.52 Å². The molecule has 7 heteroatoms. The number of hydrogen-bond acceptors (Lipinski definition) is 4. The van der Waals surface area contributed by atoms with Crippen LogP contribution in [0.5, 0.6) is 0 Å². The Balaban J connectivity index is 1.84. The Hall–Kier alpha value is -2.02. The molecule has 0 saturated carbocycles. The fraction of sp³-hybridized carbons (Fsp3) is 0.375. The van der Waals surface area contributed by atoms with Gasteiger partial charge in [0.25, 0.3) is 0 Å². The Morgan fingerprint density at radius 2 is 2.04 bits per heavy atom. The van der Waals surface area contributed by atoms with Gasteiger partial charge in [0.15, 0.2) is 5.76 Å². The first-order chi connectivity index (χ1) is 11.1. The highest BCUT2D eigenvalue weighted by Gasteiger charge is 2.08. The van der Waals surface area contributed by atoms with Crippen LogP contribution in [0.1, 0.15) is 29.5 Å². The first-order valence-electron chi connectivity index (χ1n) is 7.34. The monoisotopic (exact) mass is 337 g/mol. The van der Waals surface area contributed by atoms with Gasteiger partial charge in [-0.25, -0.2) is 9.18 Å². The summed E-state index contributed by atoms with van der Waals surface area (Å²) in [7, 11) is 0. The normalized spacial score (nSPS) is 10.6. The molecule has 0 fully saturated rings. The maximum absolute atomic E-state index is 13.3. The zero-order valence-corrected chi connectivity index (χ0v) is 14.0. The number of nitrogens with one attached hydrogen (secondary N) is 2. The number of carbonyl (C=O) groups excluding carboxylic acids is 1. The molecule has 5 nitrogen and oxygen atoms in total. The van der Waals surface area contributed by atoms with Crippen molar-refractivity contribution in [3.8, 4) is 0 Å². The molecule has 1 aromatic heterocycles. The van der Waals surface area contributed by atoms with Crippen LogP contribution in [0, 0.1) is 5.82 Å². The van der Waals surface area contributed by atoms with Crippen LogP contribution in [0.15, 0.2) is 28.8 Å². The number of halogens is 1. The van der Waals surface area contributed by atoms with Crippen molar-refractivity contribution in [2.45, 2.75) is 32.2 Å². The van der Waals surface area contributed by atoms with Crippen LogP contribution in [-0.2, 0) is 25.3 Å². The van der Waals surface area contributed by atoms with Gasteiger partial charge in [-0.3, -0.25) is 0 Å². The molecular weight excluding hydrogens is 317 g/mol. The number of nitrogens with zero attached hydrogens (tertiary/aromatic N) is 1. The summed E-state index contributed by atoms with van der Waals surface area (Å²) in [6.07, 6.45) is 2.75. The second-order valence-electron chi connectivity index (χ2n) is 5.02. The van der Waals surface area contributed by atoms with Crippen LogP contribution in [0.4, 0.5) is 9.18 Å². The quantitative estimate of drug-likeness (QED) is 0.814. The number of carbonyl (C=O) groups is 1. The number of aromatic nitrogens is 1. The topological polar surface area (TPSA) is 67.2 Å². The number of amides is 2. The van der Waals surface area contributed by atoms with E-state index in [0.29, 0.717) is 18.1 Å². The van der Waals surface area contributed by atoms with Crippen molar-refractivity contribution in [3.05, 3.63) is 52.7 Å². The van der Waals surface area contributed by atoms with E-state index < -0.39 is 0 Å². The minimum Gasteiger partial charge on any atom is -0.359 e. The third kappa shape index (κ3) is 5.28. The molecular formula is C16H20FN3O2S. The Kier molecular flexibility index (Phi) is 6.46. The van der Waals surface area contributed by atoms with Crippen LogP contribution >= 0.6 is 11.8 Å². The molecule has 2 rings (SSSR count). The third-order valence-electron chi connectivity index (χ3n) is 3.30. The van der Waals surface area contributed by atoms with E-state index in [-0.39, 0.29) is 18.4 Å². The average Bonchev–Trinajstić information content (AvgIpc) is 3.00. The summed E-state index contributed by atoms with van der Waals surface area (Å²) in [5.74, 6) is 1.05. The number of urea groups is 1. The van der Waals surface area contributed by atoms with Crippen LogP contribution in [0.3, 0.4) is 0 Å². The van der Waals surface area contributed by atoms with Gasteiger partial charge in [0.2, 0.25) is 0 Å². The van der Waals surface area contributed by atoms with Gasteiger partial charge in [-0.15, -0.1) is 0 Å². The summed E-state index contributed by atoms with van der Waals surface area (Å²) >= 11 is 1.61. The molecule has 0 bridgehead atoms. The maximum Gasteiger partial charge on any atom is 0.315 e. The van der Waals surface area contributed by atoms with Crippen molar-refractivity contribution in [1.82, 2.24) is 15.8 Å². The van der Waals surface area contributed by atoms with Crippen LogP contribution in [-0.4, -0.2) is 17.4 Å². The van der Waals surface area contributed by atoms with E-state index in [1.165, 1.54) is 12.1 Å². The lowest BCUT2D eigenvalue weighted by molar-refractivity contribution is 0.238. The van der Waals surface area contributed by atoms with Gasteiger partial charge in [-0.1, -0.05) is 18.1 Å². The zero-order chi connectivity index (χ0) is 16.7. The van der Waals surface area contributed by atoms with Gasteiger partial charge in [-0.05, 0) is 35.9 Å². The minimum atomic E-state index is -0.307. The van der Waals surface area contributed by atoms with E-state index >= 15 is 0 Å². The van der Waals surface area contributed by atoms with Crippen molar-refractivity contribution in [2.75, 3.05) is 6.26 Å². The molecule has 0 unspecified atom stereocenters. The van der Waals surface area contributed by atoms with E-state index in [1.807, 2.05) is 19.2 Å². The Bertz CT molecular complexity index is 661. The highest BCUT2D eigenvalue weighted by molar-refractivity contribution is 7.97. The minimum absolute atomic E-state index is 0.265. The van der Waals surface area contributed by atoms with Gasteiger partial charge >= 0.3 is 6.03 Å². The molecule has 0 atom stereocenters. The smallest absolute Gasteiger partial charge is 0.315 e. The molecule has 0 aliphatic carbocycles. The highest BCUT2D eigenvalue weighted by atomic mass is 32.2. The summed E-state index contributed by atoms with van der Waals surface area (Å²) in [5, 5.41) is 9.33. The average molecular weight is 337 g/mol. The van der Waals surface area contributed by atoms with Gasteiger partial charge in [-0.2, -0.15) is 11.8 Å². The molecule has 0 aliphatic rings. The number of hydrogen-bond donors (Lipinski definition) is 2. The summed E-state index contributed by atoms with van der Waals surface area (Å²) in [5.41, 5.74) is 2.65. The first kappa shape index (κ1) is 17.3. The largest absolute Gasteiger partial charge is 0.359 e. The van der Waals surface area contributed by atoms with Crippen molar-refractivity contribution in [1.29, 1.82) is 0 Å². The van der Waals surface area contributed by atoms with Gasteiger partial charge in [0, 0.05) is 18.4 Å². The summed E-state index contributed by atoms with van der Waals surface area (Å²) in [6.45, 7) is 2.61. The van der Waals surface area contributed by atoms with Crippen molar-refractivity contribution in [2.24, 2.45) is 0 Å². The van der Waals surface area contributed by atoms with Crippen molar-refractivity contribution < 1.29 is 13.7 Å². The predicted octanol–water partition coefficient (Wildman–Crippen LogP) is 3.24. The fourth-order valence-electron chi connectivity index (χ4n) is 2.07. The van der Waals surface area contributed by atoms with Crippen LogP contribution in [0.2, 0.25) is 0 Å². The summed E-state index contributed by atoms with van der Waals surface area (Å²) in [4.78, 5) is 11.8.